The molecule has 0 amide bonds. The van der Waals surface area contributed by atoms with Crippen molar-refractivity contribution in [2.75, 3.05) is 0 Å². The standard InChI is InChI=1S/C17H16O2/c1-2-6-16(17(18)19)15-11-9-14(10-12-15)13-7-4-3-5-8-13/h2-5,7-12,16H,1,6H2,(H,18,19). The lowest BCUT2D eigenvalue weighted by Crippen LogP contribution is -2.10. The van der Waals surface area contributed by atoms with Crippen LogP contribution in [0.1, 0.15) is 17.9 Å². The molecule has 2 rings (SSSR count). The van der Waals surface area contributed by atoms with Gasteiger partial charge in [-0.05, 0) is 23.1 Å². The monoisotopic (exact) mass is 252 g/mol. The van der Waals surface area contributed by atoms with E-state index in [4.69, 9.17) is 0 Å². The maximum Gasteiger partial charge on any atom is 0.311 e. The summed E-state index contributed by atoms with van der Waals surface area (Å²) in [7, 11) is 0. The third-order valence-electron chi connectivity index (χ3n) is 3.12. The fraction of sp³-hybridized carbons (Fsp3) is 0.118. The average molecular weight is 252 g/mol. The molecule has 0 fully saturated rings. The Morgan fingerprint density at radius 1 is 1.05 bits per heavy atom. The van der Waals surface area contributed by atoms with Crippen LogP contribution in [-0.4, -0.2) is 11.1 Å². The Labute approximate surface area is 113 Å². The van der Waals surface area contributed by atoms with Crippen LogP contribution in [0.3, 0.4) is 0 Å². The highest BCUT2D eigenvalue weighted by Crippen LogP contribution is 2.25. The summed E-state index contributed by atoms with van der Waals surface area (Å²) in [6, 6.07) is 17.7. The zero-order valence-corrected chi connectivity index (χ0v) is 10.6. The molecule has 1 N–H and O–H groups in total. The second-order valence-electron chi connectivity index (χ2n) is 4.40. The van der Waals surface area contributed by atoms with Crippen LogP contribution >= 0.6 is 0 Å². The van der Waals surface area contributed by atoms with Crippen molar-refractivity contribution in [2.45, 2.75) is 12.3 Å². The van der Waals surface area contributed by atoms with E-state index in [0.717, 1.165) is 16.7 Å². The molecule has 0 spiro atoms. The van der Waals surface area contributed by atoms with E-state index in [2.05, 4.69) is 6.58 Å². The van der Waals surface area contributed by atoms with E-state index in [1.807, 2.05) is 54.6 Å². The van der Waals surface area contributed by atoms with Gasteiger partial charge < -0.3 is 5.11 Å². The lowest BCUT2D eigenvalue weighted by atomic mass is 9.94. The van der Waals surface area contributed by atoms with Gasteiger partial charge in [-0.25, -0.2) is 0 Å². The Kier molecular flexibility index (Phi) is 4.14. The largest absolute Gasteiger partial charge is 0.481 e. The summed E-state index contributed by atoms with van der Waals surface area (Å²) in [5, 5.41) is 9.20. The smallest absolute Gasteiger partial charge is 0.311 e. The molecule has 2 heteroatoms. The number of allylic oxidation sites excluding steroid dienone is 1. The molecular formula is C17H16O2. The molecule has 0 saturated carbocycles. The SMILES string of the molecule is C=CCC(C(=O)O)c1ccc(-c2ccccc2)cc1. The lowest BCUT2D eigenvalue weighted by Gasteiger charge is -2.11. The molecule has 0 aliphatic rings. The topological polar surface area (TPSA) is 37.3 Å². The molecule has 0 saturated heterocycles. The number of benzene rings is 2. The molecule has 2 aromatic carbocycles. The first-order valence-electron chi connectivity index (χ1n) is 6.21. The summed E-state index contributed by atoms with van der Waals surface area (Å²) < 4.78 is 0. The van der Waals surface area contributed by atoms with Crippen LogP contribution in [-0.2, 0) is 4.79 Å². The number of aliphatic carboxylic acids is 1. The molecule has 0 aliphatic carbocycles. The van der Waals surface area contributed by atoms with E-state index in [0.29, 0.717) is 6.42 Å². The second kappa shape index (κ2) is 6.01. The normalized spacial score (nSPS) is 11.8. The van der Waals surface area contributed by atoms with Crippen molar-refractivity contribution in [3.63, 3.8) is 0 Å². The van der Waals surface area contributed by atoms with Crippen LogP contribution in [0.5, 0.6) is 0 Å². The molecule has 1 unspecified atom stereocenters. The van der Waals surface area contributed by atoms with Crippen LogP contribution in [0, 0.1) is 0 Å². The Bertz CT molecular complexity index is 556. The number of carboxylic acids is 1. The van der Waals surface area contributed by atoms with Gasteiger partial charge in [0, 0.05) is 0 Å². The number of rotatable bonds is 5. The van der Waals surface area contributed by atoms with Crippen molar-refractivity contribution in [2.24, 2.45) is 0 Å². The van der Waals surface area contributed by atoms with E-state index in [1.54, 1.807) is 6.08 Å². The highest BCUT2D eigenvalue weighted by atomic mass is 16.4. The van der Waals surface area contributed by atoms with Crippen LogP contribution in [0.4, 0.5) is 0 Å². The summed E-state index contributed by atoms with van der Waals surface area (Å²) >= 11 is 0. The molecule has 2 aromatic rings. The molecule has 0 aromatic heterocycles. The predicted octanol–water partition coefficient (Wildman–Crippen LogP) is 4.10. The molecule has 1 atom stereocenters. The van der Waals surface area contributed by atoms with Crippen molar-refractivity contribution in [1.29, 1.82) is 0 Å². The molecule has 2 nitrogen and oxygen atoms in total. The number of hydrogen-bond acceptors (Lipinski definition) is 1. The predicted molar refractivity (Wildman–Crippen MR) is 77.1 cm³/mol. The maximum absolute atomic E-state index is 11.2. The molecule has 0 heterocycles. The summed E-state index contributed by atoms with van der Waals surface area (Å²) in [6.45, 7) is 3.61. The van der Waals surface area contributed by atoms with E-state index < -0.39 is 11.9 Å². The first-order valence-corrected chi connectivity index (χ1v) is 6.21. The summed E-state index contributed by atoms with van der Waals surface area (Å²) in [6.07, 6.45) is 2.09. The third kappa shape index (κ3) is 3.10. The van der Waals surface area contributed by atoms with Crippen molar-refractivity contribution < 1.29 is 9.90 Å². The van der Waals surface area contributed by atoms with Crippen molar-refractivity contribution in [3.05, 3.63) is 72.8 Å². The van der Waals surface area contributed by atoms with Crippen LogP contribution in [0.15, 0.2) is 67.3 Å². The van der Waals surface area contributed by atoms with Gasteiger partial charge in [-0.3, -0.25) is 4.79 Å². The van der Waals surface area contributed by atoms with E-state index in [-0.39, 0.29) is 0 Å². The quantitative estimate of drug-likeness (QED) is 0.813. The van der Waals surface area contributed by atoms with E-state index in [9.17, 15) is 9.90 Å². The zero-order chi connectivity index (χ0) is 13.7. The molecule has 19 heavy (non-hydrogen) atoms. The molecule has 0 radical (unpaired) electrons. The Morgan fingerprint density at radius 3 is 2.16 bits per heavy atom. The second-order valence-corrected chi connectivity index (χ2v) is 4.40. The zero-order valence-electron chi connectivity index (χ0n) is 10.6. The highest BCUT2D eigenvalue weighted by molar-refractivity contribution is 5.77. The van der Waals surface area contributed by atoms with E-state index in [1.165, 1.54) is 0 Å². The highest BCUT2D eigenvalue weighted by Gasteiger charge is 2.17. The minimum absolute atomic E-state index is 0.444. The third-order valence-corrected chi connectivity index (χ3v) is 3.12. The number of carboxylic acid groups (broad SMARTS) is 1. The fourth-order valence-corrected chi connectivity index (χ4v) is 2.08. The van der Waals surface area contributed by atoms with Gasteiger partial charge in [0.1, 0.15) is 0 Å². The Morgan fingerprint density at radius 2 is 1.63 bits per heavy atom. The van der Waals surface area contributed by atoms with Gasteiger partial charge in [0.2, 0.25) is 0 Å². The van der Waals surface area contributed by atoms with Gasteiger partial charge in [-0.2, -0.15) is 0 Å². The molecule has 0 aliphatic heterocycles. The molecule has 96 valence electrons. The average Bonchev–Trinajstić information content (AvgIpc) is 2.46. The van der Waals surface area contributed by atoms with Gasteiger partial charge in [-0.1, -0.05) is 60.7 Å². The van der Waals surface area contributed by atoms with Gasteiger partial charge in [0.05, 0.1) is 5.92 Å². The van der Waals surface area contributed by atoms with E-state index >= 15 is 0 Å². The summed E-state index contributed by atoms with van der Waals surface area (Å²) in [5.41, 5.74) is 3.03. The van der Waals surface area contributed by atoms with Crippen molar-refractivity contribution in [3.8, 4) is 11.1 Å². The summed E-state index contributed by atoms with van der Waals surface area (Å²) in [4.78, 5) is 11.2. The lowest BCUT2D eigenvalue weighted by molar-refractivity contribution is -0.138. The van der Waals surface area contributed by atoms with Crippen LogP contribution in [0.25, 0.3) is 11.1 Å². The van der Waals surface area contributed by atoms with Crippen LogP contribution < -0.4 is 0 Å². The maximum atomic E-state index is 11.2. The first-order chi connectivity index (χ1) is 9.22. The summed E-state index contributed by atoms with van der Waals surface area (Å²) in [5.74, 6) is -1.32. The van der Waals surface area contributed by atoms with Gasteiger partial charge in [0.25, 0.3) is 0 Å². The van der Waals surface area contributed by atoms with Gasteiger partial charge >= 0.3 is 5.97 Å². The molecular weight excluding hydrogens is 236 g/mol. The van der Waals surface area contributed by atoms with Crippen molar-refractivity contribution in [1.82, 2.24) is 0 Å². The first kappa shape index (κ1) is 13.1. The number of carbonyl (C=O) groups is 1. The molecule has 0 bridgehead atoms. The number of hydrogen-bond donors (Lipinski definition) is 1. The fourth-order valence-electron chi connectivity index (χ4n) is 2.08. The minimum Gasteiger partial charge on any atom is -0.481 e. The van der Waals surface area contributed by atoms with Crippen molar-refractivity contribution >= 4 is 5.97 Å². The van der Waals surface area contributed by atoms with Gasteiger partial charge in [0.15, 0.2) is 0 Å². The van der Waals surface area contributed by atoms with Crippen LogP contribution in [0.2, 0.25) is 0 Å². The van der Waals surface area contributed by atoms with Gasteiger partial charge in [-0.15, -0.1) is 6.58 Å². The Balaban J connectivity index is 2.27. The minimum atomic E-state index is -0.813. The Hall–Kier alpha value is -2.35.